The minimum absolute atomic E-state index is 0.119. The molecule has 0 saturated carbocycles. The first kappa shape index (κ1) is 21.3. The second-order valence-electron chi connectivity index (χ2n) is 7.32. The van der Waals surface area contributed by atoms with E-state index >= 15 is 0 Å². The zero-order chi connectivity index (χ0) is 21.6. The smallest absolute Gasteiger partial charge is 0.230 e. The van der Waals surface area contributed by atoms with Crippen LogP contribution in [-0.4, -0.2) is 37.2 Å². The number of nitrogens with one attached hydrogen (secondary N) is 1. The van der Waals surface area contributed by atoms with E-state index in [1.54, 1.807) is 12.1 Å². The number of benzene rings is 2. The molecule has 31 heavy (non-hydrogen) atoms. The molecule has 0 unspecified atom stereocenters. The van der Waals surface area contributed by atoms with E-state index in [4.69, 9.17) is 9.47 Å². The van der Waals surface area contributed by atoms with Gasteiger partial charge in [0, 0.05) is 24.2 Å². The number of amides is 1. The first-order valence-corrected chi connectivity index (χ1v) is 11.0. The number of hydrogen-bond acceptors (Lipinski definition) is 6. The molecule has 1 fully saturated rings. The fraction of sp³-hybridized carbons (Fsp3) is 0.304. The number of hydrogen-bond donors (Lipinski definition) is 1. The number of ether oxygens (including phenoxy) is 2. The van der Waals surface area contributed by atoms with E-state index in [0.717, 1.165) is 10.8 Å². The van der Waals surface area contributed by atoms with E-state index in [2.05, 4.69) is 10.3 Å². The molecule has 0 radical (unpaired) electrons. The molecule has 1 aromatic heterocycles. The fourth-order valence-electron chi connectivity index (χ4n) is 3.29. The zero-order valence-electron chi connectivity index (χ0n) is 17.3. The molecule has 2 heterocycles. The standard InChI is InChI=1S/C23H24FN3O3S/c1-16-2-5-19(6-3-16)30-14-23-26-18(15-31-23)13-22(28)25-17-4-7-21(20(24)12-17)27-8-10-29-11-9-27/h2-7,12,15H,8-11,13-14H2,1H3,(H,25,28). The Morgan fingerprint density at radius 2 is 2.00 bits per heavy atom. The molecule has 1 aliphatic rings. The van der Waals surface area contributed by atoms with Crippen LogP contribution in [0.2, 0.25) is 0 Å². The number of thiazole rings is 1. The van der Waals surface area contributed by atoms with Gasteiger partial charge < -0.3 is 19.7 Å². The van der Waals surface area contributed by atoms with Gasteiger partial charge in [-0.05, 0) is 37.3 Å². The Hall–Kier alpha value is -2.97. The third kappa shape index (κ3) is 5.80. The summed E-state index contributed by atoms with van der Waals surface area (Å²) in [4.78, 5) is 18.8. The summed E-state index contributed by atoms with van der Waals surface area (Å²) in [7, 11) is 0. The normalized spacial score (nSPS) is 13.8. The topological polar surface area (TPSA) is 63.7 Å². The molecule has 1 N–H and O–H groups in total. The molecule has 8 heteroatoms. The lowest BCUT2D eigenvalue weighted by Gasteiger charge is -2.29. The van der Waals surface area contributed by atoms with Gasteiger partial charge in [-0.15, -0.1) is 11.3 Å². The fourth-order valence-corrected chi connectivity index (χ4v) is 4.00. The van der Waals surface area contributed by atoms with Crippen LogP contribution in [0.4, 0.5) is 15.8 Å². The number of halogens is 1. The van der Waals surface area contributed by atoms with Gasteiger partial charge in [0.2, 0.25) is 5.91 Å². The molecule has 1 saturated heterocycles. The summed E-state index contributed by atoms with van der Waals surface area (Å²) in [5, 5.41) is 5.38. The summed E-state index contributed by atoms with van der Waals surface area (Å²) >= 11 is 1.45. The number of anilines is 2. The van der Waals surface area contributed by atoms with Gasteiger partial charge in [0.1, 0.15) is 23.2 Å². The van der Waals surface area contributed by atoms with Crippen LogP contribution in [-0.2, 0) is 22.6 Å². The molecule has 1 aliphatic heterocycles. The Morgan fingerprint density at radius 3 is 2.74 bits per heavy atom. The number of morpholine rings is 1. The largest absolute Gasteiger partial charge is 0.486 e. The molecule has 2 aromatic carbocycles. The average Bonchev–Trinajstić information content (AvgIpc) is 3.21. The summed E-state index contributed by atoms with van der Waals surface area (Å²) in [5.74, 6) is 0.182. The first-order chi connectivity index (χ1) is 15.1. The second kappa shape index (κ2) is 9.89. The van der Waals surface area contributed by atoms with Crippen molar-refractivity contribution in [2.24, 2.45) is 0 Å². The predicted octanol–water partition coefficient (Wildman–Crippen LogP) is 4.19. The Labute approximate surface area is 184 Å². The maximum absolute atomic E-state index is 14.5. The van der Waals surface area contributed by atoms with Gasteiger partial charge >= 0.3 is 0 Å². The summed E-state index contributed by atoms with van der Waals surface area (Å²) in [6.07, 6.45) is 0.119. The van der Waals surface area contributed by atoms with Gasteiger partial charge in [-0.3, -0.25) is 4.79 Å². The van der Waals surface area contributed by atoms with Crippen LogP contribution in [0.5, 0.6) is 5.75 Å². The molecule has 162 valence electrons. The van der Waals surface area contributed by atoms with E-state index in [1.807, 2.05) is 41.5 Å². The van der Waals surface area contributed by atoms with Crippen molar-refractivity contribution in [2.75, 3.05) is 36.5 Å². The third-order valence-corrected chi connectivity index (χ3v) is 5.78. The number of carbonyl (C=O) groups excluding carboxylic acids is 1. The Bertz CT molecular complexity index is 1030. The summed E-state index contributed by atoms with van der Waals surface area (Å²) in [5.41, 5.74) is 2.79. The lowest BCUT2D eigenvalue weighted by molar-refractivity contribution is -0.115. The van der Waals surface area contributed by atoms with Gasteiger partial charge in [-0.1, -0.05) is 17.7 Å². The Morgan fingerprint density at radius 1 is 1.23 bits per heavy atom. The van der Waals surface area contributed by atoms with Crippen LogP contribution in [0.1, 0.15) is 16.3 Å². The van der Waals surface area contributed by atoms with Crippen molar-refractivity contribution in [2.45, 2.75) is 20.0 Å². The van der Waals surface area contributed by atoms with Crippen LogP contribution in [0.3, 0.4) is 0 Å². The number of aryl methyl sites for hydroxylation is 1. The predicted molar refractivity (Wildman–Crippen MR) is 119 cm³/mol. The van der Waals surface area contributed by atoms with Gasteiger partial charge in [0.05, 0.1) is 31.0 Å². The van der Waals surface area contributed by atoms with Crippen molar-refractivity contribution in [3.63, 3.8) is 0 Å². The lowest BCUT2D eigenvalue weighted by atomic mass is 10.2. The SMILES string of the molecule is Cc1ccc(OCc2nc(CC(=O)Nc3ccc(N4CCOCC4)c(F)c3)cs2)cc1. The minimum atomic E-state index is -0.358. The highest BCUT2D eigenvalue weighted by Crippen LogP contribution is 2.24. The van der Waals surface area contributed by atoms with Gasteiger partial charge in [-0.2, -0.15) is 0 Å². The molecule has 0 bridgehead atoms. The van der Waals surface area contributed by atoms with E-state index < -0.39 is 0 Å². The quantitative estimate of drug-likeness (QED) is 0.596. The van der Waals surface area contributed by atoms with Crippen LogP contribution in [0.15, 0.2) is 47.8 Å². The summed E-state index contributed by atoms with van der Waals surface area (Å²) < 4.78 is 25.5. The third-order valence-electron chi connectivity index (χ3n) is 4.91. The van der Waals surface area contributed by atoms with Crippen molar-refractivity contribution in [1.82, 2.24) is 4.98 Å². The summed E-state index contributed by atoms with van der Waals surface area (Å²) in [6, 6.07) is 12.6. The highest BCUT2D eigenvalue weighted by atomic mass is 32.1. The molecule has 6 nitrogen and oxygen atoms in total. The monoisotopic (exact) mass is 441 g/mol. The van der Waals surface area contributed by atoms with Crippen molar-refractivity contribution in [1.29, 1.82) is 0 Å². The zero-order valence-corrected chi connectivity index (χ0v) is 18.1. The number of carbonyl (C=O) groups is 1. The van der Waals surface area contributed by atoms with Crippen LogP contribution >= 0.6 is 11.3 Å². The maximum Gasteiger partial charge on any atom is 0.230 e. The van der Waals surface area contributed by atoms with E-state index in [-0.39, 0.29) is 18.1 Å². The lowest BCUT2D eigenvalue weighted by Crippen LogP contribution is -2.36. The molecule has 0 spiro atoms. The Balaban J connectivity index is 1.29. The number of nitrogens with zero attached hydrogens (tertiary/aromatic N) is 2. The number of rotatable bonds is 7. The van der Waals surface area contributed by atoms with Gasteiger partial charge in [-0.25, -0.2) is 9.37 Å². The molecule has 0 atom stereocenters. The maximum atomic E-state index is 14.5. The van der Waals surface area contributed by atoms with Crippen molar-refractivity contribution < 1.29 is 18.7 Å². The van der Waals surface area contributed by atoms with E-state index in [0.29, 0.717) is 50.0 Å². The molecular weight excluding hydrogens is 417 g/mol. The van der Waals surface area contributed by atoms with Crippen LogP contribution < -0.4 is 15.0 Å². The molecular formula is C23H24FN3O3S. The average molecular weight is 442 g/mol. The second-order valence-corrected chi connectivity index (χ2v) is 8.27. The van der Waals surface area contributed by atoms with Gasteiger partial charge in [0.15, 0.2) is 0 Å². The van der Waals surface area contributed by atoms with E-state index in [1.165, 1.54) is 23.0 Å². The highest BCUT2D eigenvalue weighted by molar-refractivity contribution is 7.09. The molecule has 4 rings (SSSR count). The van der Waals surface area contributed by atoms with Crippen molar-refractivity contribution in [3.8, 4) is 5.75 Å². The van der Waals surface area contributed by atoms with Crippen LogP contribution in [0.25, 0.3) is 0 Å². The molecule has 3 aromatic rings. The number of aromatic nitrogens is 1. The van der Waals surface area contributed by atoms with Gasteiger partial charge in [0.25, 0.3) is 0 Å². The van der Waals surface area contributed by atoms with Crippen molar-refractivity contribution >= 4 is 28.6 Å². The van der Waals surface area contributed by atoms with Crippen molar-refractivity contribution in [3.05, 3.63) is 69.9 Å². The summed E-state index contributed by atoms with van der Waals surface area (Å²) in [6.45, 7) is 4.86. The highest BCUT2D eigenvalue weighted by Gasteiger charge is 2.16. The van der Waals surface area contributed by atoms with Crippen LogP contribution in [0, 0.1) is 12.7 Å². The van der Waals surface area contributed by atoms with E-state index in [9.17, 15) is 9.18 Å². The Kier molecular flexibility index (Phi) is 6.79. The molecule has 0 aliphatic carbocycles. The molecule has 1 amide bonds. The minimum Gasteiger partial charge on any atom is -0.486 e. The first-order valence-electron chi connectivity index (χ1n) is 10.1.